The van der Waals surface area contributed by atoms with Gasteiger partial charge in [0.1, 0.15) is 10.4 Å². The molecule has 1 aromatic heterocycles. The molecule has 94 valence electrons. The Kier molecular flexibility index (Phi) is 3.52. The quantitative estimate of drug-likeness (QED) is 0.915. The number of aromatic nitrogens is 2. The van der Waals surface area contributed by atoms with Crippen molar-refractivity contribution in [2.45, 2.75) is 20.3 Å². The molecule has 0 saturated heterocycles. The summed E-state index contributed by atoms with van der Waals surface area (Å²) in [6, 6.07) is 6.10. The van der Waals surface area contributed by atoms with Crippen LogP contribution < -0.4 is 0 Å². The van der Waals surface area contributed by atoms with Crippen molar-refractivity contribution in [3.05, 3.63) is 39.6 Å². The Labute approximate surface area is 113 Å². The number of aryl methyl sites for hydroxylation is 2. The molecule has 0 bridgehead atoms. The first-order valence-electron chi connectivity index (χ1n) is 5.51. The number of nitrogens with zero attached hydrogens (tertiary/aromatic N) is 1. The summed E-state index contributed by atoms with van der Waals surface area (Å²) in [5, 5.41) is 8.80. The number of imidazole rings is 1. The van der Waals surface area contributed by atoms with Crippen LogP contribution in [0.3, 0.4) is 0 Å². The van der Waals surface area contributed by atoms with Crippen molar-refractivity contribution < 1.29 is 9.90 Å². The Morgan fingerprint density at radius 1 is 1.44 bits per heavy atom. The third kappa shape index (κ3) is 2.61. The fourth-order valence-corrected chi connectivity index (χ4v) is 2.19. The topological polar surface area (TPSA) is 66.0 Å². The van der Waals surface area contributed by atoms with E-state index in [0.29, 0.717) is 16.1 Å². The molecule has 0 aliphatic carbocycles. The number of H-pyrrole nitrogens is 1. The first-order valence-corrected chi connectivity index (χ1v) is 6.30. The molecule has 18 heavy (non-hydrogen) atoms. The van der Waals surface area contributed by atoms with Gasteiger partial charge in [-0.2, -0.15) is 0 Å². The van der Waals surface area contributed by atoms with E-state index in [0.717, 1.165) is 16.7 Å². The molecule has 0 atom stereocenters. The fourth-order valence-electron chi connectivity index (χ4n) is 1.77. The lowest BCUT2D eigenvalue weighted by Gasteiger charge is -2.03. The van der Waals surface area contributed by atoms with Crippen LogP contribution in [0.15, 0.2) is 22.8 Å². The SMILES string of the molecule is Cc1ccc(C)c(-c2nc(Br)c(CC(=O)O)[nH]2)c1. The van der Waals surface area contributed by atoms with E-state index >= 15 is 0 Å². The smallest absolute Gasteiger partial charge is 0.309 e. The molecule has 0 unspecified atom stereocenters. The molecule has 2 N–H and O–H groups in total. The first kappa shape index (κ1) is 12.8. The van der Waals surface area contributed by atoms with Gasteiger partial charge in [0.15, 0.2) is 0 Å². The van der Waals surface area contributed by atoms with Gasteiger partial charge in [0, 0.05) is 5.56 Å². The van der Waals surface area contributed by atoms with E-state index < -0.39 is 5.97 Å². The molecule has 1 heterocycles. The molecule has 1 aromatic carbocycles. The summed E-state index contributed by atoms with van der Waals surface area (Å²) in [6.07, 6.45) is -0.0710. The number of carbonyl (C=O) groups is 1. The summed E-state index contributed by atoms with van der Waals surface area (Å²) >= 11 is 3.28. The zero-order chi connectivity index (χ0) is 13.3. The van der Waals surface area contributed by atoms with E-state index in [4.69, 9.17) is 5.11 Å². The van der Waals surface area contributed by atoms with Crippen molar-refractivity contribution in [1.82, 2.24) is 9.97 Å². The molecular formula is C13H13BrN2O2. The molecule has 0 aliphatic rings. The van der Waals surface area contributed by atoms with Crippen LogP contribution in [-0.2, 0) is 11.2 Å². The molecule has 2 aromatic rings. The number of nitrogens with one attached hydrogen (secondary N) is 1. The minimum Gasteiger partial charge on any atom is -0.481 e. The number of rotatable bonds is 3. The van der Waals surface area contributed by atoms with E-state index in [2.05, 4.69) is 25.9 Å². The normalized spacial score (nSPS) is 10.6. The molecule has 5 heteroatoms. The number of benzene rings is 1. The molecule has 4 nitrogen and oxygen atoms in total. The highest BCUT2D eigenvalue weighted by Crippen LogP contribution is 2.25. The van der Waals surface area contributed by atoms with E-state index in [1.807, 2.05) is 32.0 Å². The van der Waals surface area contributed by atoms with Crippen LogP contribution in [0.25, 0.3) is 11.4 Å². The number of hydrogen-bond acceptors (Lipinski definition) is 2. The van der Waals surface area contributed by atoms with Crippen LogP contribution in [0.5, 0.6) is 0 Å². The Morgan fingerprint density at radius 2 is 2.17 bits per heavy atom. The average molecular weight is 309 g/mol. The van der Waals surface area contributed by atoms with E-state index in [1.54, 1.807) is 0 Å². The Bertz CT molecular complexity index is 605. The van der Waals surface area contributed by atoms with Gasteiger partial charge in [-0.3, -0.25) is 4.79 Å². The van der Waals surface area contributed by atoms with Crippen LogP contribution in [0.2, 0.25) is 0 Å². The third-order valence-electron chi connectivity index (χ3n) is 2.70. The Balaban J connectivity index is 2.45. The Morgan fingerprint density at radius 3 is 2.83 bits per heavy atom. The lowest BCUT2D eigenvalue weighted by atomic mass is 10.1. The molecule has 0 saturated carbocycles. The molecule has 0 spiro atoms. The van der Waals surface area contributed by atoms with Crippen molar-refractivity contribution in [2.75, 3.05) is 0 Å². The van der Waals surface area contributed by atoms with Crippen molar-refractivity contribution in [2.24, 2.45) is 0 Å². The molecule has 0 aliphatic heterocycles. The Hall–Kier alpha value is -1.62. The van der Waals surface area contributed by atoms with Crippen molar-refractivity contribution in [1.29, 1.82) is 0 Å². The first-order chi connectivity index (χ1) is 8.47. The third-order valence-corrected chi connectivity index (χ3v) is 3.36. The summed E-state index contributed by atoms with van der Waals surface area (Å²) in [7, 11) is 0. The second-order valence-corrected chi connectivity index (χ2v) is 4.99. The van der Waals surface area contributed by atoms with Crippen LogP contribution in [0.1, 0.15) is 16.8 Å². The lowest BCUT2D eigenvalue weighted by Crippen LogP contribution is -2.00. The highest BCUT2D eigenvalue weighted by Gasteiger charge is 2.13. The van der Waals surface area contributed by atoms with Crippen LogP contribution >= 0.6 is 15.9 Å². The molecule has 0 radical (unpaired) electrons. The lowest BCUT2D eigenvalue weighted by molar-refractivity contribution is -0.136. The minimum absolute atomic E-state index is 0.0710. The number of aliphatic carboxylic acids is 1. The van der Waals surface area contributed by atoms with E-state index in [-0.39, 0.29) is 6.42 Å². The van der Waals surface area contributed by atoms with Gasteiger partial charge in [-0.05, 0) is 41.4 Å². The van der Waals surface area contributed by atoms with Gasteiger partial charge >= 0.3 is 5.97 Å². The van der Waals surface area contributed by atoms with Gasteiger partial charge in [0.2, 0.25) is 0 Å². The highest BCUT2D eigenvalue weighted by atomic mass is 79.9. The van der Waals surface area contributed by atoms with Gasteiger partial charge < -0.3 is 10.1 Å². The van der Waals surface area contributed by atoms with Crippen molar-refractivity contribution >= 4 is 21.9 Å². The number of halogens is 1. The van der Waals surface area contributed by atoms with Gasteiger partial charge in [-0.15, -0.1) is 0 Å². The predicted octanol–water partition coefficient (Wildman–Crippen LogP) is 3.08. The average Bonchev–Trinajstić information content (AvgIpc) is 2.63. The van der Waals surface area contributed by atoms with Gasteiger partial charge in [0.25, 0.3) is 0 Å². The monoisotopic (exact) mass is 308 g/mol. The summed E-state index contributed by atoms with van der Waals surface area (Å²) < 4.78 is 0.556. The van der Waals surface area contributed by atoms with Crippen LogP contribution in [0.4, 0.5) is 0 Å². The summed E-state index contributed by atoms with van der Waals surface area (Å²) in [5.74, 6) is -0.189. The molecule has 2 rings (SSSR count). The number of carboxylic acid groups (broad SMARTS) is 1. The molecule has 0 amide bonds. The standard InChI is InChI=1S/C13H13BrN2O2/c1-7-3-4-8(2)9(5-7)13-15-10(6-11(17)18)12(14)16-13/h3-5H,6H2,1-2H3,(H,15,16)(H,17,18). The van der Waals surface area contributed by atoms with Gasteiger partial charge in [0.05, 0.1) is 12.1 Å². The summed E-state index contributed by atoms with van der Waals surface area (Å²) in [5.41, 5.74) is 3.82. The van der Waals surface area contributed by atoms with Crippen molar-refractivity contribution in [3.63, 3.8) is 0 Å². The minimum atomic E-state index is -0.883. The maximum Gasteiger partial charge on any atom is 0.309 e. The number of hydrogen-bond donors (Lipinski definition) is 2. The molecular weight excluding hydrogens is 296 g/mol. The van der Waals surface area contributed by atoms with Gasteiger partial charge in [-0.25, -0.2) is 4.98 Å². The summed E-state index contributed by atoms with van der Waals surface area (Å²) in [4.78, 5) is 18.1. The van der Waals surface area contributed by atoms with Crippen LogP contribution in [0, 0.1) is 13.8 Å². The van der Waals surface area contributed by atoms with E-state index in [9.17, 15) is 4.79 Å². The summed E-state index contributed by atoms with van der Waals surface area (Å²) in [6.45, 7) is 4.02. The second kappa shape index (κ2) is 4.94. The highest BCUT2D eigenvalue weighted by molar-refractivity contribution is 9.10. The zero-order valence-electron chi connectivity index (χ0n) is 10.1. The predicted molar refractivity (Wildman–Crippen MR) is 72.5 cm³/mol. The maximum atomic E-state index is 10.7. The number of carboxylic acids is 1. The van der Waals surface area contributed by atoms with Gasteiger partial charge in [-0.1, -0.05) is 17.7 Å². The number of aromatic amines is 1. The largest absolute Gasteiger partial charge is 0.481 e. The zero-order valence-corrected chi connectivity index (χ0v) is 11.7. The fraction of sp³-hybridized carbons (Fsp3) is 0.231. The maximum absolute atomic E-state index is 10.7. The van der Waals surface area contributed by atoms with E-state index in [1.165, 1.54) is 0 Å². The second-order valence-electron chi connectivity index (χ2n) is 4.24. The van der Waals surface area contributed by atoms with Crippen LogP contribution in [-0.4, -0.2) is 21.0 Å². The molecule has 0 fully saturated rings. The van der Waals surface area contributed by atoms with Crippen molar-refractivity contribution in [3.8, 4) is 11.4 Å².